The van der Waals surface area contributed by atoms with Gasteiger partial charge < -0.3 is 5.32 Å². The summed E-state index contributed by atoms with van der Waals surface area (Å²) in [7, 11) is 2.05. The minimum Gasteiger partial charge on any atom is -0.317 e. The van der Waals surface area contributed by atoms with E-state index in [1.165, 1.54) is 16.7 Å². The van der Waals surface area contributed by atoms with Crippen molar-refractivity contribution in [3.05, 3.63) is 53.3 Å². The first kappa shape index (κ1) is 14.8. The SMILES string of the molecule is CCn1cc(CC(CCc2cccc(C)c2)NC)cn1. The molecule has 3 nitrogen and oxygen atoms in total. The molecule has 0 aliphatic heterocycles. The Morgan fingerprint density at radius 1 is 1.30 bits per heavy atom. The van der Waals surface area contributed by atoms with Gasteiger partial charge in [-0.2, -0.15) is 5.10 Å². The number of hydrogen-bond donors (Lipinski definition) is 1. The first-order valence-electron chi connectivity index (χ1n) is 7.45. The molecule has 1 unspecified atom stereocenters. The van der Waals surface area contributed by atoms with Crippen molar-refractivity contribution in [1.29, 1.82) is 0 Å². The van der Waals surface area contributed by atoms with Crippen LogP contribution in [0.3, 0.4) is 0 Å². The van der Waals surface area contributed by atoms with Crippen LogP contribution in [0.25, 0.3) is 0 Å². The normalized spacial score (nSPS) is 12.6. The molecule has 0 radical (unpaired) electrons. The summed E-state index contributed by atoms with van der Waals surface area (Å²) in [6.45, 7) is 5.20. The molecule has 0 fully saturated rings. The van der Waals surface area contributed by atoms with E-state index in [0.29, 0.717) is 6.04 Å². The van der Waals surface area contributed by atoms with Crippen LogP contribution in [0.5, 0.6) is 0 Å². The van der Waals surface area contributed by atoms with Crippen LogP contribution < -0.4 is 5.32 Å². The first-order chi connectivity index (χ1) is 9.71. The Labute approximate surface area is 122 Å². The summed E-state index contributed by atoms with van der Waals surface area (Å²) in [6.07, 6.45) is 7.45. The van der Waals surface area contributed by atoms with Gasteiger partial charge in [-0.1, -0.05) is 29.8 Å². The Hall–Kier alpha value is -1.61. The van der Waals surface area contributed by atoms with E-state index >= 15 is 0 Å². The van der Waals surface area contributed by atoms with E-state index in [9.17, 15) is 0 Å². The standard InChI is InChI=1S/C17H25N3/c1-4-20-13-16(12-19-20)11-17(18-3)9-8-15-7-5-6-14(2)10-15/h5-7,10,12-13,17-18H,4,8-9,11H2,1-3H3. The van der Waals surface area contributed by atoms with Gasteiger partial charge in [0.05, 0.1) is 6.20 Å². The number of likely N-dealkylation sites (N-methyl/N-ethyl adjacent to an activating group) is 1. The lowest BCUT2D eigenvalue weighted by atomic mass is 10.00. The molecule has 3 heteroatoms. The Kier molecular flexibility index (Phi) is 5.36. The second-order valence-corrected chi connectivity index (χ2v) is 5.42. The predicted octanol–water partition coefficient (Wildman–Crippen LogP) is 2.97. The predicted molar refractivity (Wildman–Crippen MR) is 84.0 cm³/mol. The van der Waals surface area contributed by atoms with Crippen molar-refractivity contribution in [1.82, 2.24) is 15.1 Å². The number of aryl methyl sites for hydroxylation is 3. The van der Waals surface area contributed by atoms with Crippen LogP contribution >= 0.6 is 0 Å². The van der Waals surface area contributed by atoms with Gasteiger partial charge in [-0.05, 0) is 51.3 Å². The van der Waals surface area contributed by atoms with Gasteiger partial charge in [-0.25, -0.2) is 0 Å². The van der Waals surface area contributed by atoms with Crippen molar-refractivity contribution in [2.75, 3.05) is 7.05 Å². The summed E-state index contributed by atoms with van der Waals surface area (Å²) >= 11 is 0. The molecule has 1 atom stereocenters. The maximum absolute atomic E-state index is 4.34. The maximum atomic E-state index is 4.34. The molecule has 0 aliphatic rings. The Morgan fingerprint density at radius 2 is 2.15 bits per heavy atom. The molecular formula is C17H25N3. The van der Waals surface area contributed by atoms with Crippen molar-refractivity contribution >= 4 is 0 Å². The highest BCUT2D eigenvalue weighted by Gasteiger charge is 2.09. The van der Waals surface area contributed by atoms with Gasteiger partial charge in [-0.3, -0.25) is 4.68 Å². The lowest BCUT2D eigenvalue weighted by molar-refractivity contribution is 0.519. The number of nitrogens with one attached hydrogen (secondary N) is 1. The minimum atomic E-state index is 0.505. The van der Waals surface area contributed by atoms with E-state index in [4.69, 9.17) is 0 Å². The monoisotopic (exact) mass is 271 g/mol. The highest BCUT2D eigenvalue weighted by atomic mass is 15.3. The number of hydrogen-bond acceptors (Lipinski definition) is 2. The maximum Gasteiger partial charge on any atom is 0.0522 e. The largest absolute Gasteiger partial charge is 0.317 e. The van der Waals surface area contributed by atoms with Crippen LogP contribution in [0.4, 0.5) is 0 Å². The minimum absolute atomic E-state index is 0.505. The zero-order chi connectivity index (χ0) is 14.4. The molecule has 20 heavy (non-hydrogen) atoms. The van der Waals surface area contributed by atoms with Crippen LogP contribution in [0.15, 0.2) is 36.7 Å². The fourth-order valence-electron chi connectivity index (χ4n) is 2.53. The van der Waals surface area contributed by atoms with Gasteiger partial charge in [0, 0.05) is 18.8 Å². The van der Waals surface area contributed by atoms with Crippen molar-refractivity contribution in [2.24, 2.45) is 0 Å². The second kappa shape index (κ2) is 7.25. The summed E-state index contributed by atoms with van der Waals surface area (Å²) in [5.41, 5.74) is 4.08. The smallest absolute Gasteiger partial charge is 0.0522 e. The summed E-state index contributed by atoms with van der Waals surface area (Å²) in [5.74, 6) is 0. The molecule has 0 spiro atoms. The van der Waals surface area contributed by atoms with E-state index in [0.717, 1.165) is 25.8 Å². The summed E-state index contributed by atoms with van der Waals surface area (Å²) in [5, 5.41) is 7.77. The molecule has 0 bridgehead atoms. The average Bonchev–Trinajstić information content (AvgIpc) is 2.91. The number of rotatable bonds is 7. The molecule has 2 rings (SSSR count). The molecule has 108 valence electrons. The summed E-state index contributed by atoms with van der Waals surface area (Å²) < 4.78 is 1.99. The lowest BCUT2D eigenvalue weighted by Gasteiger charge is -2.15. The third-order valence-electron chi connectivity index (χ3n) is 3.77. The van der Waals surface area contributed by atoms with Gasteiger partial charge in [0.1, 0.15) is 0 Å². The molecule has 1 aromatic carbocycles. The third kappa shape index (κ3) is 4.20. The molecule has 1 heterocycles. The van der Waals surface area contributed by atoms with Crippen molar-refractivity contribution < 1.29 is 0 Å². The fraction of sp³-hybridized carbons (Fsp3) is 0.471. The zero-order valence-electron chi connectivity index (χ0n) is 12.8. The van der Waals surface area contributed by atoms with E-state index in [-0.39, 0.29) is 0 Å². The second-order valence-electron chi connectivity index (χ2n) is 5.42. The van der Waals surface area contributed by atoms with Gasteiger partial charge in [-0.15, -0.1) is 0 Å². The van der Waals surface area contributed by atoms with Gasteiger partial charge in [0.2, 0.25) is 0 Å². The number of nitrogens with zero attached hydrogens (tertiary/aromatic N) is 2. The quantitative estimate of drug-likeness (QED) is 0.839. The van der Waals surface area contributed by atoms with E-state index in [1.807, 2.05) is 17.9 Å². The van der Waals surface area contributed by atoms with E-state index in [2.05, 4.69) is 54.7 Å². The van der Waals surface area contributed by atoms with Gasteiger partial charge >= 0.3 is 0 Å². The topological polar surface area (TPSA) is 29.9 Å². The molecule has 2 aromatic rings. The van der Waals surface area contributed by atoms with Gasteiger partial charge in [0.25, 0.3) is 0 Å². The molecular weight excluding hydrogens is 246 g/mol. The highest BCUT2D eigenvalue weighted by molar-refractivity contribution is 5.22. The number of aromatic nitrogens is 2. The van der Waals surface area contributed by atoms with Crippen LogP contribution in [0.2, 0.25) is 0 Å². The lowest BCUT2D eigenvalue weighted by Crippen LogP contribution is -2.28. The molecule has 0 saturated carbocycles. The molecule has 0 aliphatic carbocycles. The Balaban J connectivity index is 1.89. The van der Waals surface area contributed by atoms with E-state index in [1.54, 1.807) is 0 Å². The Morgan fingerprint density at radius 3 is 2.80 bits per heavy atom. The zero-order valence-corrected chi connectivity index (χ0v) is 12.8. The van der Waals surface area contributed by atoms with Crippen LogP contribution in [0.1, 0.15) is 30.0 Å². The highest BCUT2D eigenvalue weighted by Crippen LogP contribution is 2.11. The summed E-state index contributed by atoms with van der Waals surface area (Å²) in [6, 6.07) is 9.30. The fourth-order valence-corrected chi connectivity index (χ4v) is 2.53. The van der Waals surface area contributed by atoms with Crippen LogP contribution in [0, 0.1) is 6.92 Å². The average molecular weight is 271 g/mol. The summed E-state index contributed by atoms with van der Waals surface area (Å²) in [4.78, 5) is 0. The molecule has 0 amide bonds. The van der Waals surface area contributed by atoms with Crippen LogP contribution in [-0.4, -0.2) is 22.9 Å². The molecule has 1 N–H and O–H groups in total. The number of benzene rings is 1. The van der Waals surface area contributed by atoms with Crippen molar-refractivity contribution in [3.8, 4) is 0 Å². The van der Waals surface area contributed by atoms with Crippen molar-refractivity contribution in [3.63, 3.8) is 0 Å². The van der Waals surface area contributed by atoms with Crippen molar-refractivity contribution in [2.45, 2.75) is 45.7 Å². The Bertz CT molecular complexity index is 531. The van der Waals surface area contributed by atoms with E-state index < -0.39 is 0 Å². The third-order valence-corrected chi connectivity index (χ3v) is 3.77. The molecule has 0 saturated heterocycles. The van der Waals surface area contributed by atoms with Crippen LogP contribution in [-0.2, 0) is 19.4 Å². The molecule has 1 aromatic heterocycles. The first-order valence-corrected chi connectivity index (χ1v) is 7.45. The van der Waals surface area contributed by atoms with Gasteiger partial charge in [0.15, 0.2) is 0 Å².